The third-order valence-electron chi connectivity index (χ3n) is 4.63. The first-order chi connectivity index (χ1) is 15.7. The van der Waals surface area contributed by atoms with E-state index in [1.807, 2.05) is 31.4 Å². The molecule has 1 N–H and O–H groups in total. The van der Waals surface area contributed by atoms with E-state index in [2.05, 4.69) is 15.5 Å². The summed E-state index contributed by atoms with van der Waals surface area (Å²) < 4.78 is 7.92. The Bertz CT molecular complexity index is 1190. The van der Waals surface area contributed by atoms with Crippen molar-refractivity contribution in [3.8, 4) is 5.75 Å². The number of nitrogens with one attached hydrogen (secondary N) is 1. The van der Waals surface area contributed by atoms with Crippen molar-refractivity contribution in [2.24, 2.45) is 0 Å². The molecule has 1 unspecified atom stereocenters. The van der Waals surface area contributed by atoms with E-state index < -0.39 is 4.92 Å². The topological polar surface area (TPSA) is 112 Å². The fourth-order valence-electron chi connectivity index (χ4n) is 3.03. The largest absolute Gasteiger partial charge is 0.482 e. The lowest BCUT2D eigenvalue weighted by Crippen LogP contribution is -2.16. The van der Waals surface area contributed by atoms with Crippen LogP contribution in [0.5, 0.6) is 5.75 Å². The van der Waals surface area contributed by atoms with Crippen LogP contribution in [-0.4, -0.2) is 31.3 Å². The zero-order chi connectivity index (χ0) is 24.1. The van der Waals surface area contributed by atoms with Gasteiger partial charge in [0.1, 0.15) is 5.75 Å². The number of hydrogen-bond acceptors (Lipinski definition) is 7. The van der Waals surface area contributed by atoms with Gasteiger partial charge in [0.2, 0.25) is 5.91 Å². The molecule has 33 heavy (non-hydrogen) atoms. The third-order valence-corrected chi connectivity index (χ3v) is 6.16. The summed E-state index contributed by atoms with van der Waals surface area (Å²) in [6.07, 6.45) is -0.385. The molecule has 3 aromatic rings. The summed E-state index contributed by atoms with van der Waals surface area (Å²) in [7, 11) is 0. The molecule has 9 nitrogen and oxygen atoms in total. The van der Waals surface area contributed by atoms with Gasteiger partial charge in [0.25, 0.3) is 5.69 Å². The summed E-state index contributed by atoms with van der Waals surface area (Å²) in [5.74, 6) is 0.954. The van der Waals surface area contributed by atoms with Crippen molar-refractivity contribution in [2.45, 2.75) is 38.6 Å². The highest BCUT2D eigenvalue weighted by molar-refractivity contribution is 7.99. The van der Waals surface area contributed by atoms with E-state index in [-0.39, 0.29) is 34.2 Å². The summed E-state index contributed by atoms with van der Waals surface area (Å²) in [5.41, 5.74) is 0.917. The van der Waals surface area contributed by atoms with Gasteiger partial charge in [-0.05, 0) is 50.6 Å². The molecule has 2 aromatic carbocycles. The van der Waals surface area contributed by atoms with Crippen molar-refractivity contribution in [3.63, 3.8) is 0 Å². The van der Waals surface area contributed by atoms with E-state index in [1.165, 1.54) is 30.0 Å². The lowest BCUT2D eigenvalue weighted by atomic mass is 10.2. The summed E-state index contributed by atoms with van der Waals surface area (Å²) in [6, 6.07) is 9.24. The van der Waals surface area contributed by atoms with Crippen LogP contribution in [0.2, 0.25) is 10.0 Å². The number of amides is 1. The highest BCUT2D eigenvalue weighted by Gasteiger charge is 2.20. The number of thioether (sulfide) groups is 1. The minimum absolute atomic E-state index is 0.0166. The monoisotopic (exact) mass is 509 g/mol. The molecule has 174 valence electrons. The van der Waals surface area contributed by atoms with Gasteiger partial charge in [0, 0.05) is 23.7 Å². The zero-order valence-electron chi connectivity index (χ0n) is 18.0. The molecule has 0 aliphatic rings. The second-order valence-corrected chi connectivity index (χ2v) is 8.80. The van der Waals surface area contributed by atoms with Gasteiger partial charge in [-0.15, -0.1) is 10.2 Å². The van der Waals surface area contributed by atoms with E-state index in [1.54, 1.807) is 12.1 Å². The molecule has 0 saturated heterocycles. The average Bonchev–Trinajstić information content (AvgIpc) is 3.18. The number of rotatable bonds is 9. The van der Waals surface area contributed by atoms with Crippen LogP contribution in [0.4, 0.5) is 11.4 Å². The standard InChI is InChI=1S/C21H21Cl2N5O4S/c1-4-27-20(13(3)32-18-8-5-14(22)9-12(18)2)25-26-21(27)33-11-19(29)24-17-10-15(28(30)31)6-7-16(17)23/h5-10,13H,4,11H2,1-3H3,(H,24,29). The molecular weight excluding hydrogens is 489 g/mol. The van der Waals surface area contributed by atoms with Crippen LogP contribution in [-0.2, 0) is 11.3 Å². The number of nitro benzene ring substituents is 1. The van der Waals surface area contributed by atoms with Gasteiger partial charge in [-0.2, -0.15) is 0 Å². The Morgan fingerprint density at radius 2 is 2.03 bits per heavy atom. The first-order valence-electron chi connectivity index (χ1n) is 9.92. The van der Waals surface area contributed by atoms with E-state index in [0.29, 0.717) is 28.3 Å². The summed E-state index contributed by atoms with van der Waals surface area (Å²) in [5, 5.41) is 23.4. The maximum absolute atomic E-state index is 12.4. The normalized spacial score (nSPS) is 11.8. The van der Waals surface area contributed by atoms with Gasteiger partial charge < -0.3 is 14.6 Å². The molecule has 0 spiro atoms. The molecular formula is C21H21Cl2N5O4S. The van der Waals surface area contributed by atoms with Crippen LogP contribution >= 0.6 is 35.0 Å². The second-order valence-electron chi connectivity index (χ2n) is 7.01. The van der Waals surface area contributed by atoms with Gasteiger partial charge in [-0.25, -0.2) is 0 Å². The predicted molar refractivity (Wildman–Crippen MR) is 128 cm³/mol. The fourth-order valence-corrected chi connectivity index (χ4v) is 4.23. The van der Waals surface area contributed by atoms with Gasteiger partial charge in [0.05, 0.1) is 21.4 Å². The highest BCUT2D eigenvalue weighted by atomic mass is 35.5. The molecule has 0 radical (unpaired) electrons. The Balaban J connectivity index is 1.67. The molecule has 1 atom stereocenters. The Morgan fingerprint density at radius 1 is 1.27 bits per heavy atom. The van der Waals surface area contributed by atoms with Crippen LogP contribution in [0.3, 0.4) is 0 Å². The number of aromatic nitrogens is 3. The first-order valence-corrected chi connectivity index (χ1v) is 11.7. The molecule has 0 bridgehead atoms. The maximum atomic E-state index is 12.4. The van der Waals surface area contributed by atoms with E-state index in [0.717, 1.165) is 5.56 Å². The van der Waals surface area contributed by atoms with Crippen molar-refractivity contribution >= 4 is 52.2 Å². The fraction of sp³-hybridized carbons (Fsp3) is 0.286. The summed E-state index contributed by atoms with van der Waals surface area (Å²) in [4.78, 5) is 22.8. The smallest absolute Gasteiger partial charge is 0.271 e. The molecule has 0 saturated carbocycles. The number of non-ortho nitro benzene ring substituents is 1. The van der Waals surface area contributed by atoms with E-state index >= 15 is 0 Å². The van der Waals surface area contributed by atoms with Gasteiger partial charge in [0.15, 0.2) is 17.1 Å². The Labute approximate surface area is 204 Å². The summed E-state index contributed by atoms with van der Waals surface area (Å²) >= 11 is 13.2. The van der Waals surface area contributed by atoms with Crippen molar-refractivity contribution < 1.29 is 14.5 Å². The Kier molecular flexibility index (Phi) is 8.17. The zero-order valence-corrected chi connectivity index (χ0v) is 20.4. The van der Waals surface area contributed by atoms with E-state index in [9.17, 15) is 14.9 Å². The van der Waals surface area contributed by atoms with Crippen molar-refractivity contribution in [2.75, 3.05) is 11.1 Å². The van der Waals surface area contributed by atoms with Crippen molar-refractivity contribution in [3.05, 3.63) is 67.9 Å². The number of hydrogen-bond donors (Lipinski definition) is 1. The van der Waals surface area contributed by atoms with Gasteiger partial charge in [-0.3, -0.25) is 14.9 Å². The van der Waals surface area contributed by atoms with Crippen LogP contribution in [0.1, 0.15) is 31.3 Å². The first kappa shape index (κ1) is 24.8. The minimum atomic E-state index is -0.555. The number of halogens is 2. The molecule has 3 rings (SSSR count). The van der Waals surface area contributed by atoms with E-state index in [4.69, 9.17) is 27.9 Å². The number of benzene rings is 2. The quantitative estimate of drug-likeness (QED) is 0.224. The van der Waals surface area contributed by atoms with Crippen molar-refractivity contribution in [1.82, 2.24) is 14.8 Å². The Morgan fingerprint density at radius 3 is 2.70 bits per heavy atom. The molecule has 0 aliphatic heterocycles. The molecule has 0 fully saturated rings. The molecule has 0 aliphatic carbocycles. The van der Waals surface area contributed by atoms with Gasteiger partial charge >= 0.3 is 0 Å². The highest BCUT2D eigenvalue weighted by Crippen LogP contribution is 2.29. The lowest BCUT2D eigenvalue weighted by molar-refractivity contribution is -0.384. The number of carbonyl (C=O) groups excluding carboxylic acids is 1. The number of aryl methyl sites for hydroxylation is 1. The average molecular weight is 510 g/mol. The van der Waals surface area contributed by atoms with Crippen LogP contribution < -0.4 is 10.1 Å². The second kappa shape index (κ2) is 10.9. The van der Waals surface area contributed by atoms with Crippen LogP contribution in [0.25, 0.3) is 0 Å². The lowest BCUT2D eigenvalue weighted by Gasteiger charge is -2.17. The van der Waals surface area contributed by atoms with Crippen LogP contribution in [0, 0.1) is 17.0 Å². The SMILES string of the molecule is CCn1c(SCC(=O)Nc2cc([N+](=O)[O-])ccc2Cl)nnc1C(C)Oc1ccc(Cl)cc1C. The number of nitrogens with zero attached hydrogens (tertiary/aromatic N) is 4. The molecule has 1 amide bonds. The predicted octanol–water partition coefficient (Wildman–Crippen LogP) is 5.69. The van der Waals surface area contributed by atoms with Gasteiger partial charge in [-0.1, -0.05) is 35.0 Å². The number of anilines is 1. The number of nitro groups is 1. The summed E-state index contributed by atoms with van der Waals surface area (Å²) in [6.45, 7) is 6.30. The molecule has 1 aromatic heterocycles. The van der Waals surface area contributed by atoms with Crippen molar-refractivity contribution in [1.29, 1.82) is 0 Å². The Hall–Kier alpha value is -2.82. The number of carbonyl (C=O) groups is 1. The third kappa shape index (κ3) is 6.16. The van der Waals surface area contributed by atoms with Crippen LogP contribution in [0.15, 0.2) is 41.6 Å². The minimum Gasteiger partial charge on any atom is -0.482 e. The molecule has 1 heterocycles. The maximum Gasteiger partial charge on any atom is 0.271 e. The number of ether oxygens (including phenoxy) is 1. The molecule has 12 heteroatoms.